The second-order valence-electron chi connectivity index (χ2n) is 7.28. The Balaban J connectivity index is 1.61. The lowest BCUT2D eigenvalue weighted by Crippen LogP contribution is -2.48. The fraction of sp³-hybridized carbons (Fsp3) is 0.684. The number of hydrogen-bond donors (Lipinski definition) is 0. The van der Waals surface area contributed by atoms with E-state index in [-0.39, 0.29) is 5.91 Å². The minimum atomic E-state index is 0.140. The van der Waals surface area contributed by atoms with Crippen molar-refractivity contribution >= 4 is 5.91 Å². The van der Waals surface area contributed by atoms with Gasteiger partial charge in [0, 0.05) is 45.1 Å². The number of hydrogen-bond acceptors (Lipinski definition) is 4. The van der Waals surface area contributed by atoms with Gasteiger partial charge in [0.2, 0.25) is 0 Å². The minimum absolute atomic E-state index is 0.140. The molecule has 2 saturated heterocycles. The van der Waals surface area contributed by atoms with E-state index in [0.29, 0.717) is 5.92 Å². The van der Waals surface area contributed by atoms with E-state index in [0.717, 1.165) is 51.3 Å². The molecule has 1 aromatic heterocycles. The Labute approximate surface area is 145 Å². The van der Waals surface area contributed by atoms with Gasteiger partial charge in [-0.15, -0.1) is 0 Å². The fourth-order valence-electron chi connectivity index (χ4n) is 3.94. The van der Waals surface area contributed by atoms with E-state index in [4.69, 9.17) is 0 Å². The third-order valence-corrected chi connectivity index (χ3v) is 5.40. The molecular weight excluding hydrogens is 300 g/mol. The molecule has 3 rings (SSSR count). The highest BCUT2D eigenvalue weighted by molar-refractivity contribution is 5.94. The first-order chi connectivity index (χ1) is 11.7. The molecule has 0 radical (unpaired) electrons. The highest BCUT2D eigenvalue weighted by Gasteiger charge is 2.22. The number of amides is 1. The van der Waals surface area contributed by atoms with Gasteiger partial charge >= 0.3 is 0 Å². The molecule has 0 bridgehead atoms. The Bertz CT molecular complexity index is 554. The van der Waals surface area contributed by atoms with E-state index in [9.17, 15) is 4.79 Å². The van der Waals surface area contributed by atoms with Crippen LogP contribution in [0.25, 0.3) is 0 Å². The van der Waals surface area contributed by atoms with Crippen molar-refractivity contribution in [3.8, 4) is 0 Å². The van der Waals surface area contributed by atoms with Crippen LogP contribution in [0.4, 0.5) is 0 Å². The zero-order valence-corrected chi connectivity index (χ0v) is 15.1. The zero-order chi connectivity index (χ0) is 16.9. The summed E-state index contributed by atoms with van der Waals surface area (Å²) in [4.78, 5) is 23.9. The quantitative estimate of drug-likeness (QED) is 0.843. The number of carbonyl (C=O) groups is 1. The van der Waals surface area contributed by atoms with Crippen LogP contribution in [0.3, 0.4) is 0 Å². The number of rotatable bonds is 4. The van der Waals surface area contributed by atoms with E-state index in [2.05, 4.69) is 34.8 Å². The average Bonchev–Trinajstić information content (AvgIpc) is 2.61. The van der Waals surface area contributed by atoms with Crippen molar-refractivity contribution < 1.29 is 4.79 Å². The summed E-state index contributed by atoms with van der Waals surface area (Å²) < 4.78 is 0. The topological polar surface area (TPSA) is 39.7 Å². The molecule has 2 aliphatic rings. The molecule has 3 heterocycles. The first kappa shape index (κ1) is 17.4. The molecule has 0 unspecified atom stereocenters. The number of carbonyl (C=O) groups excluding carboxylic acids is 1. The predicted molar refractivity (Wildman–Crippen MR) is 96.2 cm³/mol. The number of likely N-dealkylation sites (N-methyl/N-ethyl adjacent to an activating group) is 1. The first-order valence-electron chi connectivity index (χ1n) is 9.30. The third-order valence-electron chi connectivity index (χ3n) is 5.40. The van der Waals surface area contributed by atoms with Crippen molar-refractivity contribution in [1.82, 2.24) is 19.7 Å². The van der Waals surface area contributed by atoms with Crippen LogP contribution in [0.1, 0.15) is 35.7 Å². The van der Waals surface area contributed by atoms with Crippen molar-refractivity contribution in [2.24, 2.45) is 5.92 Å². The maximum absolute atomic E-state index is 12.8. The maximum Gasteiger partial charge on any atom is 0.255 e. The Hall–Kier alpha value is -1.46. The van der Waals surface area contributed by atoms with E-state index in [1.165, 1.54) is 24.9 Å². The summed E-state index contributed by atoms with van der Waals surface area (Å²) in [6.45, 7) is 9.19. The first-order valence-corrected chi connectivity index (χ1v) is 9.30. The second-order valence-corrected chi connectivity index (χ2v) is 7.28. The summed E-state index contributed by atoms with van der Waals surface area (Å²) in [7, 11) is 2.19. The molecule has 0 aromatic carbocycles. The van der Waals surface area contributed by atoms with Crippen LogP contribution in [0.15, 0.2) is 18.5 Å². The van der Waals surface area contributed by atoms with Crippen LogP contribution >= 0.6 is 0 Å². The second kappa shape index (κ2) is 8.08. The molecule has 0 N–H and O–H groups in total. The molecule has 5 heteroatoms. The number of likely N-dealkylation sites (tertiary alicyclic amines) is 1. The van der Waals surface area contributed by atoms with Crippen LogP contribution in [0.2, 0.25) is 0 Å². The van der Waals surface area contributed by atoms with E-state index < -0.39 is 0 Å². The van der Waals surface area contributed by atoms with Gasteiger partial charge in [0.05, 0.1) is 5.56 Å². The van der Waals surface area contributed by atoms with E-state index in [1.54, 1.807) is 6.20 Å². The summed E-state index contributed by atoms with van der Waals surface area (Å²) in [5, 5.41) is 0. The Morgan fingerprint density at radius 3 is 2.71 bits per heavy atom. The largest absolute Gasteiger partial charge is 0.336 e. The smallest absolute Gasteiger partial charge is 0.255 e. The van der Waals surface area contributed by atoms with Gasteiger partial charge in [-0.2, -0.15) is 0 Å². The van der Waals surface area contributed by atoms with Gasteiger partial charge in [-0.05, 0) is 56.9 Å². The van der Waals surface area contributed by atoms with Gasteiger partial charge in [-0.1, -0.05) is 6.92 Å². The highest BCUT2D eigenvalue weighted by Crippen LogP contribution is 2.20. The van der Waals surface area contributed by atoms with Crippen LogP contribution < -0.4 is 0 Å². The molecular formula is C19H30N4O. The average molecular weight is 330 g/mol. The summed E-state index contributed by atoms with van der Waals surface area (Å²) in [6, 6.07) is 2.07. The van der Waals surface area contributed by atoms with Gasteiger partial charge in [0.1, 0.15) is 0 Å². The van der Waals surface area contributed by atoms with Crippen molar-refractivity contribution in [2.45, 2.75) is 26.2 Å². The zero-order valence-electron chi connectivity index (χ0n) is 15.1. The molecule has 1 amide bonds. The molecule has 1 aromatic rings. The number of aromatic nitrogens is 1. The van der Waals surface area contributed by atoms with Crippen molar-refractivity contribution in [3.63, 3.8) is 0 Å². The van der Waals surface area contributed by atoms with Gasteiger partial charge in [-0.3, -0.25) is 9.78 Å². The highest BCUT2D eigenvalue weighted by atomic mass is 16.2. The maximum atomic E-state index is 12.8. The van der Waals surface area contributed by atoms with Crippen molar-refractivity contribution in [1.29, 1.82) is 0 Å². The summed E-state index contributed by atoms with van der Waals surface area (Å²) in [6.07, 6.45) is 7.24. The van der Waals surface area contributed by atoms with Crippen molar-refractivity contribution in [2.75, 3.05) is 52.9 Å². The summed E-state index contributed by atoms with van der Waals surface area (Å²) in [5.74, 6) is 0.824. The molecule has 0 saturated carbocycles. The van der Waals surface area contributed by atoms with Gasteiger partial charge in [0.25, 0.3) is 5.91 Å². The molecule has 5 nitrogen and oxygen atoms in total. The molecule has 0 spiro atoms. The Morgan fingerprint density at radius 2 is 2.00 bits per heavy atom. The molecule has 2 fully saturated rings. The Kier molecular flexibility index (Phi) is 5.85. The number of piperazine rings is 1. The number of nitrogens with zero attached hydrogens (tertiary/aromatic N) is 4. The molecule has 0 aliphatic carbocycles. The summed E-state index contributed by atoms with van der Waals surface area (Å²) in [5.41, 5.74) is 1.95. The lowest BCUT2D eigenvalue weighted by atomic mass is 9.92. The monoisotopic (exact) mass is 330 g/mol. The van der Waals surface area contributed by atoms with Crippen LogP contribution in [0, 0.1) is 5.92 Å². The van der Waals surface area contributed by atoms with E-state index >= 15 is 0 Å². The van der Waals surface area contributed by atoms with Crippen molar-refractivity contribution in [3.05, 3.63) is 29.6 Å². The minimum Gasteiger partial charge on any atom is -0.336 e. The standard InChI is InChI=1S/C19H30N4O/c1-3-22-7-9-23(10-8-22)19(24)18-12-17(13-20-14-18)11-16-5-4-6-21(2)15-16/h12-14,16H,3-11,15H2,1-2H3/t16-/m0/s1. The molecule has 2 aliphatic heterocycles. The van der Waals surface area contributed by atoms with Gasteiger partial charge in [0.15, 0.2) is 0 Å². The van der Waals surface area contributed by atoms with Crippen LogP contribution in [-0.2, 0) is 6.42 Å². The normalized spacial score (nSPS) is 23.4. The number of piperidine rings is 1. The third kappa shape index (κ3) is 4.33. The molecule has 1 atom stereocenters. The predicted octanol–water partition coefficient (Wildman–Crippen LogP) is 1.74. The molecule has 24 heavy (non-hydrogen) atoms. The number of pyridine rings is 1. The van der Waals surface area contributed by atoms with Gasteiger partial charge in [-0.25, -0.2) is 0 Å². The van der Waals surface area contributed by atoms with Gasteiger partial charge < -0.3 is 14.7 Å². The summed E-state index contributed by atoms with van der Waals surface area (Å²) >= 11 is 0. The lowest BCUT2D eigenvalue weighted by molar-refractivity contribution is 0.0643. The van der Waals surface area contributed by atoms with E-state index in [1.807, 2.05) is 11.1 Å². The lowest BCUT2D eigenvalue weighted by Gasteiger charge is -2.34. The molecule has 132 valence electrons. The van der Waals surface area contributed by atoms with Crippen LogP contribution in [0.5, 0.6) is 0 Å². The Morgan fingerprint density at radius 1 is 1.21 bits per heavy atom. The fourth-order valence-corrected chi connectivity index (χ4v) is 3.94. The van der Waals surface area contributed by atoms with Crippen LogP contribution in [-0.4, -0.2) is 78.5 Å². The SMILES string of the molecule is CCN1CCN(C(=O)c2cncc(C[C@@H]3CCCN(C)C3)c2)CC1.